The zero-order valence-electron chi connectivity index (χ0n) is 9.95. The molecule has 0 radical (unpaired) electrons. The van der Waals surface area contributed by atoms with Gasteiger partial charge in [-0.25, -0.2) is 0 Å². The van der Waals surface area contributed by atoms with E-state index in [0.717, 1.165) is 25.7 Å². The zero-order valence-corrected chi connectivity index (χ0v) is 10.7. The lowest BCUT2D eigenvalue weighted by Gasteiger charge is -2.45. The molecule has 3 aliphatic rings. The number of carbonyl (C=O) groups is 1. The van der Waals surface area contributed by atoms with Gasteiger partial charge in [-0.05, 0) is 32.6 Å². The van der Waals surface area contributed by atoms with Crippen LogP contribution < -0.4 is 0 Å². The van der Waals surface area contributed by atoms with Gasteiger partial charge in [0.15, 0.2) is 0 Å². The van der Waals surface area contributed by atoms with Crippen molar-refractivity contribution in [1.82, 2.24) is 0 Å². The fourth-order valence-corrected chi connectivity index (χ4v) is 3.66. The van der Waals surface area contributed by atoms with Crippen molar-refractivity contribution in [3.63, 3.8) is 0 Å². The molecule has 2 aliphatic carbocycles. The minimum Gasteiger partial charge on any atom is -0.460 e. The average molecular weight is 257 g/mol. The van der Waals surface area contributed by atoms with Crippen molar-refractivity contribution in [3.05, 3.63) is 12.2 Å². The summed E-state index contributed by atoms with van der Waals surface area (Å²) in [7, 11) is 0. The molecule has 1 aliphatic heterocycles. The second-order valence-electron chi connectivity index (χ2n) is 5.42. The SMILES string of the molecule is C[C@]12C=CC[C@H]3O[C@]31CCC[C@H]2OC(=O)CCl. The van der Waals surface area contributed by atoms with E-state index in [0.29, 0.717) is 6.10 Å². The first-order chi connectivity index (χ1) is 8.12. The summed E-state index contributed by atoms with van der Waals surface area (Å²) in [5, 5.41) is 0. The lowest BCUT2D eigenvalue weighted by atomic mass is 9.61. The molecule has 0 amide bonds. The van der Waals surface area contributed by atoms with E-state index >= 15 is 0 Å². The molecule has 4 atom stereocenters. The number of esters is 1. The summed E-state index contributed by atoms with van der Waals surface area (Å²) in [6, 6.07) is 0. The molecule has 3 rings (SSSR count). The van der Waals surface area contributed by atoms with E-state index < -0.39 is 0 Å². The maximum Gasteiger partial charge on any atom is 0.321 e. The molecular weight excluding hydrogens is 240 g/mol. The highest BCUT2D eigenvalue weighted by Crippen LogP contribution is 2.63. The number of epoxide rings is 1. The fourth-order valence-electron chi connectivity index (χ4n) is 3.60. The summed E-state index contributed by atoms with van der Waals surface area (Å²) in [5.74, 6) is -0.403. The molecule has 0 N–H and O–H groups in total. The van der Waals surface area contributed by atoms with Crippen LogP contribution in [0.4, 0.5) is 0 Å². The van der Waals surface area contributed by atoms with E-state index in [4.69, 9.17) is 21.1 Å². The number of alkyl halides is 1. The van der Waals surface area contributed by atoms with E-state index in [-0.39, 0.29) is 29.0 Å². The van der Waals surface area contributed by atoms with Crippen molar-refractivity contribution in [2.75, 3.05) is 5.88 Å². The first kappa shape index (κ1) is 11.5. The Balaban J connectivity index is 1.87. The van der Waals surface area contributed by atoms with Crippen LogP contribution in [0.1, 0.15) is 32.6 Å². The van der Waals surface area contributed by atoms with Crippen LogP contribution in [0.2, 0.25) is 0 Å². The first-order valence-electron chi connectivity index (χ1n) is 6.23. The van der Waals surface area contributed by atoms with Crippen LogP contribution >= 0.6 is 11.6 Å². The quantitative estimate of drug-likeness (QED) is 0.330. The van der Waals surface area contributed by atoms with Gasteiger partial charge in [-0.1, -0.05) is 12.2 Å². The Morgan fingerprint density at radius 2 is 2.47 bits per heavy atom. The molecule has 94 valence electrons. The molecule has 1 saturated carbocycles. The minimum atomic E-state index is -0.328. The third-order valence-electron chi connectivity index (χ3n) is 4.61. The lowest BCUT2D eigenvalue weighted by Crippen LogP contribution is -2.51. The van der Waals surface area contributed by atoms with E-state index in [1.54, 1.807) is 0 Å². The van der Waals surface area contributed by atoms with Gasteiger partial charge in [0.1, 0.15) is 17.6 Å². The number of hydrogen-bond acceptors (Lipinski definition) is 3. The van der Waals surface area contributed by atoms with Crippen LogP contribution in [-0.4, -0.2) is 29.7 Å². The fraction of sp³-hybridized carbons (Fsp3) is 0.769. The number of halogens is 1. The minimum absolute atomic E-state index is 0.0722. The highest BCUT2D eigenvalue weighted by molar-refractivity contribution is 6.26. The van der Waals surface area contributed by atoms with Crippen LogP contribution in [0.25, 0.3) is 0 Å². The van der Waals surface area contributed by atoms with Gasteiger partial charge in [0.05, 0.1) is 11.5 Å². The van der Waals surface area contributed by atoms with Gasteiger partial charge in [-0.15, -0.1) is 11.6 Å². The predicted octanol–water partition coefficient (Wildman–Crippen LogP) is 2.42. The molecule has 2 fully saturated rings. The normalized spacial score (nSPS) is 46.9. The Labute approximate surface area is 106 Å². The van der Waals surface area contributed by atoms with Crippen LogP contribution in [0.3, 0.4) is 0 Å². The molecule has 0 bridgehead atoms. The predicted molar refractivity (Wildman–Crippen MR) is 63.9 cm³/mol. The summed E-state index contributed by atoms with van der Waals surface area (Å²) < 4.78 is 11.4. The summed E-state index contributed by atoms with van der Waals surface area (Å²) in [5.41, 5.74) is -0.243. The summed E-state index contributed by atoms with van der Waals surface area (Å²) >= 11 is 5.51. The van der Waals surface area contributed by atoms with Crippen molar-refractivity contribution in [2.45, 2.75) is 50.4 Å². The Morgan fingerprint density at radius 1 is 1.65 bits per heavy atom. The van der Waals surface area contributed by atoms with Crippen LogP contribution in [0.15, 0.2) is 12.2 Å². The van der Waals surface area contributed by atoms with Gasteiger partial charge < -0.3 is 9.47 Å². The van der Waals surface area contributed by atoms with E-state index in [1.165, 1.54) is 0 Å². The third kappa shape index (κ3) is 1.48. The maximum absolute atomic E-state index is 11.4. The molecule has 0 aromatic carbocycles. The topological polar surface area (TPSA) is 38.8 Å². The van der Waals surface area contributed by atoms with Crippen molar-refractivity contribution in [1.29, 1.82) is 0 Å². The smallest absolute Gasteiger partial charge is 0.321 e. The van der Waals surface area contributed by atoms with Gasteiger partial charge in [0.2, 0.25) is 0 Å². The van der Waals surface area contributed by atoms with Crippen molar-refractivity contribution < 1.29 is 14.3 Å². The van der Waals surface area contributed by atoms with Crippen molar-refractivity contribution >= 4 is 17.6 Å². The highest BCUT2D eigenvalue weighted by Gasteiger charge is 2.70. The Kier molecular flexibility index (Phi) is 2.53. The Morgan fingerprint density at radius 3 is 3.24 bits per heavy atom. The maximum atomic E-state index is 11.4. The number of rotatable bonds is 2. The van der Waals surface area contributed by atoms with Gasteiger partial charge in [0.25, 0.3) is 0 Å². The van der Waals surface area contributed by atoms with Gasteiger partial charge in [-0.3, -0.25) is 4.79 Å². The first-order valence-corrected chi connectivity index (χ1v) is 6.77. The molecule has 1 heterocycles. The van der Waals surface area contributed by atoms with Crippen LogP contribution in [-0.2, 0) is 14.3 Å². The lowest BCUT2D eigenvalue weighted by molar-refractivity contribution is -0.157. The number of ether oxygens (including phenoxy) is 2. The second-order valence-corrected chi connectivity index (χ2v) is 5.69. The summed E-state index contributed by atoms with van der Waals surface area (Å²) in [6.07, 6.45) is 8.60. The highest BCUT2D eigenvalue weighted by atomic mass is 35.5. The molecule has 17 heavy (non-hydrogen) atoms. The molecular formula is C13H17ClO3. The second kappa shape index (κ2) is 3.72. The Hall–Kier alpha value is -0.540. The van der Waals surface area contributed by atoms with Crippen LogP contribution in [0.5, 0.6) is 0 Å². The molecule has 4 heteroatoms. The Bertz CT molecular complexity index is 381. The number of carbonyl (C=O) groups excluding carboxylic acids is 1. The van der Waals surface area contributed by atoms with Gasteiger partial charge >= 0.3 is 5.97 Å². The molecule has 0 unspecified atom stereocenters. The number of hydrogen-bond donors (Lipinski definition) is 0. The third-order valence-corrected chi connectivity index (χ3v) is 4.83. The standard InChI is InChI=1S/C13H17ClO3/c1-12-6-2-5-10-13(12,17-10)7-3-4-9(12)16-11(15)8-14/h2,6,9-10H,3-5,7-8H2,1H3/t9-,10-,12-,13-/m1/s1. The van der Waals surface area contributed by atoms with Crippen molar-refractivity contribution in [3.8, 4) is 0 Å². The average Bonchev–Trinajstić information content (AvgIpc) is 3.03. The molecule has 0 aromatic heterocycles. The molecule has 1 saturated heterocycles. The largest absolute Gasteiger partial charge is 0.460 e. The molecule has 1 spiro atoms. The van der Waals surface area contributed by atoms with E-state index in [2.05, 4.69) is 19.1 Å². The summed E-state index contributed by atoms with van der Waals surface area (Å²) in [6.45, 7) is 2.15. The van der Waals surface area contributed by atoms with Gasteiger partial charge in [0, 0.05) is 0 Å². The van der Waals surface area contributed by atoms with Crippen LogP contribution in [0, 0.1) is 5.41 Å². The summed E-state index contributed by atoms with van der Waals surface area (Å²) in [4.78, 5) is 11.4. The monoisotopic (exact) mass is 256 g/mol. The molecule has 3 nitrogen and oxygen atoms in total. The van der Waals surface area contributed by atoms with E-state index in [1.807, 2.05) is 0 Å². The van der Waals surface area contributed by atoms with Gasteiger partial charge in [-0.2, -0.15) is 0 Å². The molecule has 0 aromatic rings. The van der Waals surface area contributed by atoms with Crippen molar-refractivity contribution in [2.24, 2.45) is 5.41 Å². The zero-order chi connectivity index (χ0) is 12.1. The van der Waals surface area contributed by atoms with E-state index in [9.17, 15) is 4.79 Å².